The number of amides is 1. The molecule has 0 aliphatic carbocycles. The fourth-order valence-corrected chi connectivity index (χ4v) is 2.82. The van der Waals surface area contributed by atoms with Crippen molar-refractivity contribution in [3.63, 3.8) is 0 Å². The molecular formula is C13H25N3O2. The summed E-state index contributed by atoms with van der Waals surface area (Å²) >= 11 is 0. The number of carbonyl (C=O) groups excluding carboxylic acids is 1. The number of nitrogens with zero attached hydrogens (tertiary/aromatic N) is 2. The maximum Gasteiger partial charge on any atom is 0.410 e. The predicted octanol–water partition coefficient (Wildman–Crippen LogP) is 0.899. The maximum atomic E-state index is 12.0. The summed E-state index contributed by atoms with van der Waals surface area (Å²) in [6.07, 6.45) is 0.950. The van der Waals surface area contributed by atoms with Crippen LogP contribution < -0.4 is 5.32 Å². The Morgan fingerprint density at radius 1 is 1.33 bits per heavy atom. The van der Waals surface area contributed by atoms with E-state index in [9.17, 15) is 4.79 Å². The van der Waals surface area contributed by atoms with Crippen molar-refractivity contribution in [2.75, 3.05) is 33.2 Å². The van der Waals surface area contributed by atoms with Gasteiger partial charge in [-0.25, -0.2) is 4.79 Å². The predicted molar refractivity (Wildman–Crippen MR) is 70.6 cm³/mol. The van der Waals surface area contributed by atoms with E-state index in [1.807, 2.05) is 32.7 Å². The Morgan fingerprint density at radius 3 is 2.56 bits per heavy atom. The number of hydrogen-bond acceptors (Lipinski definition) is 4. The van der Waals surface area contributed by atoms with Gasteiger partial charge < -0.3 is 15.0 Å². The largest absolute Gasteiger partial charge is 0.444 e. The van der Waals surface area contributed by atoms with Crippen LogP contribution in [0.15, 0.2) is 0 Å². The van der Waals surface area contributed by atoms with Crippen LogP contribution in [0.4, 0.5) is 4.79 Å². The van der Waals surface area contributed by atoms with Gasteiger partial charge in [0.25, 0.3) is 0 Å². The molecule has 2 heterocycles. The standard InChI is InChI=1S/C13H25N3O2/c1-13(2,3)18-12(17)16-9-10-7-11(16)8-15(10)6-5-14-4/h10-11,14H,5-9H2,1-4H3. The third-order valence-corrected chi connectivity index (χ3v) is 3.63. The van der Waals surface area contributed by atoms with Crippen molar-refractivity contribution in [2.24, 2.45) is 0 Å². The van der Waals surface area contributed by atoms with E-state index in [4.69, 9.17) is 4.74 Å². The van der Waals surface area contributed by atoms with Gasteiger partial charge in [0.2, 0.25) is 0 Å². The topological polar surface area (TPSA) is 44.8 Å². The third kappa shape index (κ3) is 2.95. The van der Waals surface area contributed by atoms with Crippen LogP contribution in [0, 0.1) is 0 Å². The van der Waals surface area contributed by atoms with E-state index in [1.54, 1.807) is 0 Å². The highest BCUT2D eigenvalue weighted by molar-refractivity contribution is 5.69. The molecule has 2 bridgehead atoms. The average molecular weight is 255 g/mol. The quantitative estimate of drug-likeness (QED) is 0.814. The third-order valence-electron chi connectivity index (χ3n) is 3.63. The molecule has 0 aromatic carbocycles. The van der Waals surface area contributed by atoms with Crippen LogP contribution in [0.5, 0.6) is 0 Å². The van der Waals surface area contributed by atoms with Crippen molar-refractivity contribution in [3.8, 4) is 0 Å². The molecule has 1 N–H and O–H groups in total. The summed E-state index contributed by atoms with van der Waals surface area (Å²) in [4.78, 5) is 16.4. The van der Waals surface area contributed by atoms with Crippen molar-refractivity contribution in [1.82, 2.24) is 15.1 Å². The molecule has 0 spiro atoms. The highest BCUT2D eigenvalue weighted by Crippen LogP contribution is 2.31. The highest BCUT2D eigenvalue weighted by atomic mass is 16.6. The lowest BCUT2D eigenvalue weighted by molar-refractivity contribution is 0.0131. The van der Waals surface area contributed by atoms with Crippen molar-refractivity contribution < 1.29 is 9.53 Å². The molecule has 0 saturated carbocycles. The molecule has 2 fully saturated rings. The zero-order valence-corrected chi connectivity index (χ0v) is 11.9. The minimum absolute atomic E-state index is 0.150. The Kier molecular flexibility index (Phi) is 3.82. The zero-order chi connectivity index (χ0) is 13.3. The van der Waals surface area contributed by atoms with Gasteiger partial charge in [0, 0.05) is 38.3 Å². The Balaban J connectivity index is 1.85. The molecule has 2 aliphatic heterocycles. The van der Waals surface area contributed by atoms with E-state index < -0.39 is 5.60 Å². The Labute approximate surface area is 109 Å². The number of nitrogens with one attached hydrogen (secondary N) is 1. The second-order valence-electron chi connectivity index (χ2n) is 6.27. The van der Waals surface area contributed by atoms with Crippen LogP contribution in [0.1, 0.15) is 27.2 Å². The summed E-state index contributed by atoms with van der Waals surface area (Å²) < 4.78 is 5.45. The van der Waals surface area contributed by atoms with Crippen LogP contribution in [-0.2, 0) is 4.74 Å². The van der Waals surface area contributed by atoms with Crippen LogP contribution in [0.3, 0.4) is 0 Å². The van der Waals surface area contributed by atoms with Crippen LogP contribution in [0.2, 0.25) is 0 Å². The molecule has 0 aromatic heterocycles. The van der Waals surface area contributed by atoms with E-state index in [2.05, 4.69) is 10.2 Å². The molecule has 2 saturated heterocycles. The van der Waals surface area contributed by atoms with Gasteiger partial charge in [-0.1, -0.05) is 0 Å². The van der Waals surface area contributed by atoms with E-state index in [-0.39, 0.29) is 6.09 Å². The van der Waals surface area contributed by atoms with Gasteiger partial charge in [0.05, 0.1) is 0 Å². The van der Waals surface area contributed by atoms with Gasteiger partial charge in [-0.2, -0.15) is 0 Å². The first-order valence-electron chi connectivity index (χ1n) is 6.79. The van der Waals surface area contributed by atoms with Gasteiger partial charge in [-0.15, -0.1) is 0 Å². The molecule has 5 heteroatoms. The normalized spacial score (nSPS) is 27.9. The number of hydrogen-bond donors (Lipinski definition) is 1. The van der Waals surface area contributed by atoms with Gasteiger partial charge in [-0.3, -0.25) is 4.90 Å². The van der Waals surface area contributed by atoms with Crippen LogP contribution >= 0.6 is 0 Å². The fraction of sp³-hybridized carbons (Fsp3) is 0.923. The number of ether oxygens (including phenoxy) is 1. The number of carbonyl (C=O) groups is 1. The Bertz CT molecular complexity index is 314. The van der Waals surface area contributed by atoms with E-state index in [1.165, 1.54) is 0 Å². The smallest absolute Gasteiger partial charge is 0.410 e. The van der Waals surface area contributed by atoms with E-state index in [0.29, 0.717) is 12.1 Å². The summed E-state index contributed by atoms with van der Waals surface area (Å²) in [7, 11) is 1.97. The van der Waals surface area contributed by atoms with Crippen LogP contribution in [0.25, 0.3) is 0 Å². The second kappa shape index (κ2) is 5.05. The first kappa shape index (κ1) is 13.6. The molecule has 2 rings (SSSR count). The number of likely N-dealkylation sites (tertiary alicyclic amines) is 2. The number of rotatable bonds is 3. The summed E-state index contributed by atoms with van der Waals surface area (Å²) in [6, 6.07) is 0.873. The highest BCUT2D eigenvalue weighted by Gasteiger charge is 2.45. The minimum Gasteiger partial charge on any atom is -0.444 e. The first-order chi connectivity index (χ1) is 8.40. The molecule has 104 valence electrons. The molecule has 2 unspecified atom stereocenters. The number of likely N-dealkylation sites (N-methyl/N-ethyl adjacent to an activating group) is 1. The summed E-state index contributed by atoms with van der Waals surface area (Å²) in [5, 5.41) is 3.17. The molecule has 1 amide bonds. The lowest BCUT2D eigenvalue weighted by atomic mass is 10.2. The second-order valence-corrected chi connectivity index (χ2v) is 6.27. The lowest BCUT2D eigenvalue weighted by Crippen LogP contribution is -2.51. The van der Waals surface area contributed by atoms with Gasteiger partial charge in [-0.05, 0) is 34.2 Å². The van der Waals surface area contributed by atoms with Crippen molar-refractivity contribution >= 4 is 6.09 Å². The molecule has 0 aromatic rings. The SMILES string of the molecule is CNCCN1CC2CC1CN2C(=O)OC(C)(C)C. The lowest BCUT2D eigenvalue weighted by Gasteiger charge is -2.35. The fourth-order valence-electron chi connectivity index (χ4n) is 2.82. The van der Waals surface area contributed by atoms with Gasteiger partial charge in [0.15, 0.2) is 0 Å². The summed E-state index contributed by atoms with van der Waals surface area (Å²) in [5.41, 5.74) is -0.398. The number of piperazine rings is 1. The Hall–Kier alpha value is -0.810. The summed E-state index contributed by atoms with van der Waals surface area (Å²) in [5.74, 6) is 0. The minimum atomic E-state index is -0.398. The molecule has 18 heavy (non-hydrogen) atoms. The average Bonchev–Trinajstić information content (AvgIpc) is 2.82. The van der Waals surface area contributed by atoms with Gasteiger partial charge >= 0.3 is 6.09 Å². The van der Waals surface area contributed by atoms with E-state index >= 15 is 0 Å². The van der Waals surface area contributed by atoms with Crippen molar-refractivity contribution in [2.45, 2.75) is 44.9 Å². The Morgan fingerprint density at radius 2 is 2.06 bits per heavy atom. The zero-order valence-electron chi connectivity index (χ0n) is 11.9. The first-order valence-corrected chi connectivity index (χ1v) is 6.79. The molecule has 0 radical (unpaired) electrons. The molecule has 2 atom stereocenters. The molecular weight excluding hydrogens is 230 g/mol. The van der Waals surface area contributed by atoms with Crippen molar-refractivity contribution in [1.29, 1.82) is 0 Å². The number of fused-ring (bicyclic) bond motifs is 2. The van der Waals surface area contributed by atoms with Crippen molar-refractivity contribution in [3.05, 3.63) is 0 Å². The maximum absolute atomic E-state index is 12.0. The summed E-state index contributed by atoms with van der Waals surface area (Å²) in [6.45, 7) is 9.64. The van der Waals surface area contributed by atoms with Gasteiger partial charge in [0.1, 0.15) is 5.60 Å². The molecule has 5 nitrogen and oxygen atoms in total. The van der Waals surface area contributed by atoms with Crippen LogP contribution in [-0.4, -0.2) is 66.8 Å². The van der Waals surface area contributed by atoms with E-state index in [0.717, 1.165) is 32.6 Å². The monoisotopic (exact) mass is 255 g/mol. The molecule has 2 aliphatic rings.